The number of nitrogens with two attached hydrogens (primary N) is 1. The molecule has 0 saturated heterocycles. The van der Waals surface area contributed by atoms with E-state index in [0.29, 0.717) is 0 Å². The van der Waals surface area contributed by atoms with Gasteiger partial charge in [0, 0.05) is 0 Å². The van der Waals surface area contributed by atoms with E-state index < -0.39 is 18.6 Å². The van der Waals surface area contributed by atoms with Crippen LogP contribution >= 0.6 is 23.2 Å². The van der Waals surface area contributed by atoms with Crippen molar-refractivity contribution in [2.45, 2.75) is 18.6 Å². The predicted molar refractivity (Wildman–Crippen MR) is 52.0 cm³/mol. The fraction of sp³-hybridized carbons (Fsp3) is 0.375. The maximum absolute atomic E-state index is 12.1. The van der Waals surface area contributed by atoms with Crippen molar-refractivity contribution in [3.8, 4) is 0 Å². The monoisotopic (exact) mass is 258 g/mol. The Morgan fingerprint density at radius 3 is 2.40 bits per heavy atom. The molecule has 15 heavy (non-hydrogen) atoms. The maximum atomic E-state index is 12.1. The molecule has 0 fully saturated rings. The number of halogens is 5. The normalized spacial score (nSPS) is 14.0. The van der Waals surface area contributed by atoms with Gasteiger partial charge in [-0.2, -0.15) is 13.2 Å². The average molecular weight is 259 g/mol. The van der Waals surface area contributed by atoms with Crippen LogP contribution in [0.3, 0.4) is 0 Å². The molecule has 7 heteroatoms. The first-order chi connectivity index (χ1) is 6.80. The van der Waals surface area contributed by atoms with Crippen LogP contribution in [0.4, 0.5) is 13.2 Å². The van der Waals surface area contributed by atoms with E-state index in [9.17, 15) is 13.2 Å². The second-order valence-electron chi connectivity index (χ2n) is 2.94. The summed E-state index contributed by atoms with van der Waals surface area (Å²) in [6.07, 6.45) is -4.85. The minimum Gasteiger partial charge on any atom is -0.320 e. The van der Waals surface area contributed by atoms with E-state index in [0.717, 1.165) is 0 Å². The fourth-order valence-corrected chi connectivity index (χ4v) is 1.37. The molecule has 0 aliphatic heterocycles. The number of aromatic nitrogens is 1. The number of pyridine rings is 1. The number of alkyl halides is 3. The van der Waals surface area contributed by atoms with Crippen LogP contribution in [-0.4, -0.2) is 17.2 Å². The lowest BCUT2D eigenvalue weighted by molar-refractivity contribution is -0.147. The summed E-state index contributed by atoms with van der Waals surface area (Å²) in [6.45, 7) is 0. The van der Waals surface area contributed by atoms with Crippen LogP contribution in [-0.2, 0) is 6.42 Å². The van der Waals surface area contributed by atoms with Gasteiger partial charge in [-0.05, 0) is 18.1 Å². The van der Waals surface area contributed by atoms with Crippen LogP contribution in [0, 0.1) is 0 Å². The van der Waals surface area contributed by atoms with Crippen LogP contribution in [0.15, 0.2) is 12.1 Å². The molecule has 1 unspecified atom stereocenters. The second-order valence-corrected chi connectivity index (χ2v) is 3.68. The Kier molecular flexibility index (Phi) is 3.81. The molecule has 1 heterocycles. The number of hydrogen-bond acceptors (Lipinski definition) is 2. The summed E-state index contributed by atoms with van der Waals surface area (Å²) in [4.78, 5) is 3.62. The van der Waals surface area contributed by atoms with Gasteiger partial charge >= 0.3 is 6.18 Å². The fourth-order valence-electron chi connectivity index (χ4n) is 0.946. The molecule has 0 saturated carbocycles. The SMILES string of the molecule is NC(Cc1ccc(Cl)nc1Cl)C(F)(F)F. The Hall–Kier alpha value is -0.520. The van der Waals surface area contributed by atoms with Crippen molar-refractivity contribution in [2.75, 3.05) is 0 Å². The molecule has 0 aliphatic rings. The van der Waals surface area contributed by atoms with Crippen molar-refractivity contribution in [3.63, 3.8) is 0 Å². The average Bonchev–Trinajstić information content (AvgIpc) is 2.08. The number of hydrogen-bond donors (Lipinski definition) is 1. The summed E-state index contributed by atoms with van der Waals surface area (Å²) < 4.78 is 36.4. The largest absolute Gasteiger partial charge is 0.403 e. The molecular weight excluding hydrogens is 252 g/mol. The molecule has 0 aromatic carbocycles. The summed E-state index contributed by atoms with van der Waals surface area (Å²) in [6, 6.07) is 0.799. The van der Waals surface area contributed by atoms with Gasteiger partial charge in [-0.25, -0.2) is 4.98 Å². The summed E-state index contributed by atoms with van der Waals surface area (Å²) in [5, 5.41) is 0.0755. The van der Waals surface area contributed by atoms with Gasteiger partial charge in [0.1, 0.15) is 16.3 Å². The molecule has 0 amide bonds. The van der Waals surface area contributed by atoms with Crippen LogP contribution in [0.2, 0.25) is 10.3 Å². The molecule has 0 bridgehead atoms. The van der Waals surface area contributed by atoms with Gasteiger partial charge in [0.15, 0.2) is 0 Å². The number of nitrogens with zero attached hydrogens (tertiary/aromatic N) is 1. The van der Waals surface area contributed by atoms with E-state index in [1.807, 2.05) is 0 Å². The third-order valence-corrected chi connectivity index (χ3v) is 2.29. The first-order valence-corrected chi connectivity index (χ1v) is 4.69. The smallest absolute Gasteiger partial charge is 0.320 e. The molecule has 0 radical (unpaired) electrons. The summed E-state index contributed by atoms with van der Waals surface area (Å²) in [5.41, 5.74) is 5.17. The van der Waals surface area contributed by atoms with Gasteiger partial charge in [0.05, 0.1) is 0 Å². The number of rotatable bonds is 2. The topological polar surface area (TPSA) is 38.9 Å². The minimum absolute atomic E-state index is 0.0535. The molecule has 2 N–H and O–H groups in total. The highest BCUT2D eigenvalue weighted by Crippen LogP contribution is 2.24. The molecule has 1 aromatic heterocycles. The van der Waals surface area contributed by atoms with Crippen molar-refractivity contribution < 1.29 is 13.2 Å². The van der Waals surface area contributed by atoms with E-state index in [4.69, 9.17) is 28.9 Å². The molecule has 0 aliphatic carbocycles. The maximum Gasteiger partial charge on any atom is 0.403 e. The lowest BCUT2D eigenvalue weighted by Crippen LogP contribution is -2.39. The highest BCUT2D eigenvalue weighted by Gasteiger charge is 2.36. The van der Waals surface area contributed by atoms with Crippen molar-refractivity contribution in [1.82, 2.24) is 4.98 Å². The molecule has 84 valence electrons. The Labute approximate surface area is 94.2 Å². The van der Waals surface area contributed by atoms with Crippen molar-refractivity contribution in [1.29, 1.82) is 0 Å². The van der Waals surface area contributed by atoms with Crippen LogP contribution < -0.4 is 5.73 Å². The van der Waals surface area contributed by atoms with Gasteiger partial charge in [-0.3, -0.25) is 0 Å². The highest BCUT2D eigenvalue weighted by atomic mass is 35.5. The Morgan fingerprint density at radius 1 is 1.33 bits per heavy atom. The van der Waals surface area contributed by atoms with Gasteiger partial charge in [-0.1, -0.05) is 29.3 Å². The summed E-state index contributed by atoms with van der Waals surface area (Å²) in [5.74, 6) is 0. The Balaban J connectivity index is 2.82. The first kappa shape index (κ1) is 12.5. The van der Waals surface area contributed by atoms with E-state index >= 15 is 0 Å². The third-order valence-electron chi connectivity index (χ3n) is 1.75. The third kappa shape index (κ3) is 3.52. The minimum atomic E-state index is -4.44. The van der Waals surface area contributed by atoms with Crippen LogP contribution in [0.25, 0.3) is 0 Å². The standard InChI is InChI=1S/C8H7Cl2F3N2/c9-6-2-1-4(7(10)15-6)3-5(14)8(11,12)13/h1-2,5H,3,14H2. The van der Waals surface area contributed by atoms with Crippen molar-refractivity contribution in [3.05, 3.63) is 28.0 Å². The zero-order valence-electron chi connectivity index (χ0n) is 7.35. The molecule has 1 atom stereocenters. The van der Waals surface area contributed by atoms with E-state index in [-0.39, 0.29) is 15.9 Å². The van der Waals surface area contributed by atoms with E-state index in [2.05, 4.69) is 4.98 Å². The Morgan fingerprint density at radius 2 is 1.93 bits per heavy atom. The zero-order valence-corrected chi connectivity index (χ0v) is 8.87. The molecule has 2 nitrogen and oxygen atoms in total. The lowest BCUT2D eigenvalue weighted by Gasteiger charge is -2.15. The highest BCUT2D eigenvalue weighted by molar-refractivity contribution is 6.32. The second kappa shape index (κ2) is 4.55. The first-order valence-electron chi connectivity index (χ1n) is 3.94. The van der Waals surface area contributed by atoms with E-state index in [1.165, 1.54) is 12.1 Å². The van der Waals surface area contributed by atoms with Crippen LogP contribution in [0.1, 0.15) is 5.56 Å². The molecule has 0 spiro atoms. The van der Waals surface area contributed by atoms with Gasteiger partial charge in [0.2, 0.25) is 0 Å². The van der Waals surface area contributed by atoms with Crippen LogP contribution in [0.5, 0.6) is 0 Å². The zero-order chi connectivity index (χ0) is 11.6. The van der Waals surface area contributed by atoms with Crippen molar-refractivity contribution in [2.24, 2.45) is 5.73 Å². The summed E-state index contributed by atoms with van der Waals surface area (Å²) in [7, 11) is 0. The Bertz CT molecular complexity index is 354. The lowest BCUT2D eigenvalue weighted by atomic mass is 10.1. The van der Waals surface area contributed by atoms with Gasteiger partial charge < -0.3 is 5.73 Å². The van der Waals surface area contributed by atoms with Gasteiger partial charge in [0.25, 0.3) is 0 Å². The quantitative estimate of drug-likeness (QED) is 0.829. The van der Waals surface area contributed by atoms with Crippen molar-refractivity contribution >= 4 is 23.2 Å². The molecule has 1 aromatic rings. The molecule has 1 rings (SSSR count). The predicted octanol–water partition coefficient (Wildman–Crippen LogP) is 2.82. The molecular formula is C8H7Cl2F3N2. The van der Waals surface area contributed by atoms with E-state index in [1.54, 1.807) is 0 Å². The summed E-state index contributed by atoms with van der Waals surface area (Å²) >= 11 is 11.1. The van der Waals surface area contributed by atoms with Gasteiger partial charge in [-0.15, -0.1) is 0 Å².